The minimum atomic E-state index is -0.551. The molecule has 6 rings (SSSR count). The lowest BCUT2D eigenvalue weighted by molar-refractivity contribution is -0.128. The molecule has 44 heavy (non-hydrogen) atoms. The highest BCUT2D eigenvalue weighted by molar-refractivity contribution is 6.32. The number of anilines is 4. The van der Waals surface area contributed by atoms with Crippen LogP contribution in [0.2, 0.25) is 5.02 Å². The Morgan fingerprint density at radius 2 is 1.82 bits per heavy atom. The maximum absolute atomic E-state index is 13.7. The van der Waals surface area contributed by atoms with E-state index in [2.05, 4.69) is 32.3 Å². The maximum Gasteiger partial charge on any atom is 0.410 e. The first-order valence-electron chi connectivity index (χ1n) is 15.1. The lowest BCUT2D eigenvalue weighted by atomic mass is 9.77. The molecule has 3 saturated heterocycles. The van der Waals surface area contributed by atoms with Gasteiger partial charge in [0.2, 0.25) is 11.9 Å². The highest BCUT2D eigenvalue weighted by Crippen LogP contribution is 2.43. The van der Waals surface area contributed by atoms with Gasteiger partial charge >= 0.3 is 6.09 Å². The van der Waals surface area contributed by atoms with E-state index >= 15 is 0 Å². The van der Waals surface area contributed by atoms with Gasteiger partial charge in [0.25, 0.3) is 0 Å². The Balaban J connectivity index is 1.12. The van der Waals surface area contributed by atoms with Gasteiger partial charge in [-0.15, -0.1) is 0 Å². The Kier molecular flexibility index (Phi) is 8.34. The molecule has 1 spiro atoms. The summed E-state index contributed by atoms with van der Waals surface area (Å²) in [5.74, 6) is 1.09. The molecule has 5 heterocycles. The van der Waals surface area contributed by atoms with E-state index in [4.69, 9.17) is 26.1 Å². The standard InChI is InChI=1S/C32H38ClN7O4/c1-31(2,3)44-30(42)38-12-9-32(10-13-38)11-14-40(28(32)41)24-17-23(18-34-19-24)36-29-35-20-25(33)27(37-29)39-15-16-43-26(21-39)22-7-5-4-6-8-22/h4-8,17-20,26H,9-16,21H2,1-3H3,(H,35,36,37). The van der Waals surface area contributed by atoms with E-state index in [-0.39, 0.29) is 18.1 Å². The van der Waals surface area contributed by atoms with Gasteiger partial charge in [-0.1, -0.05) is 41.9 Å². The van der Waals surface area contributed by atoms with Gasteiger partial charge in [0.15, 0.2) is 5.82 Å². The molecule has 0 radical (unpaired) electrons. The zero-order valence-electron chi connectivity index (χ0n) is 25.3. The van der Waals surface area contributed by atoms with E-state index in [1.807, 2.05) is 45.0 Å². The number of rotatable bonds is 5. The molecule has 3 aliphatic heterocycles. The zero-order chi connectivity index (χ0) is 30.9. The lowest BCUT2D eigenvalue weighted by Gasteiger charge is -2.38. The molecule has 11 nitrogen and oxygen atoms in total. The molecule has 1 unspecified atom stereocenters. The fourth-order valence-corrected chi connectivity index (χ4v) is 6.31. The van der Waals surface area contributed by atoms with Gasteiger partial charge in [0.1, 0.15) is 16.7 Å². The first kappa shape index (κ1) is 30.1. The average Bonchev–Trinajstić information content (AvgIpc) is 3.33. The second-order valence-electron chi connectivity index (χ2n) is 12.6. The molecule has 0 aliphatic carbocycles. The van der Waals surface area contributed by atoms with E-state index in [0.29, 0.717) is 80.3 Å². The lowest BCUT2D eigenvalue weighted by Crippen LogP contribution is -2.48. The third kappa shape index (κ3) is 6.44. The minimum absolute atomic E-state index is 0.0746. The number of halogens is 1. The number of morpholine rings is 1. The van der Waals surface area contributed by atoms with Gasteiger partial charge < -0.3 is 29.5 Å². The second kappa shape index (κ2) is 12.2. The van der Waals surface area contributed by atoms with Crippen LogP contribution in [0.3, 0.4) is 0 Å². The van der Waals surface area contributed by atoms with Crippen LogP contribution in [0.4, 0.5) is 27.9 Å². The third-order valence-electron chi connectivity index (χ3n) is 8.44. The second-order valence-corrected chi connectivity index (χ2v) is 13.0. The van der Waals surface area contributed by atoms with Gasteiger partial charge in [-0.3, -0.25) is 9.78 Å². The summed E-state index contributed by atoms with van der Waals surface area (Å²) in [7, 11) is 0. The van der Waals surface area contributed by atoms with E-state index < -0.39 is 11.0 Å². The van der Waals surface area contributed by atoms with Crippen molar-refractivity contribution in [2.24, 2.45) is 5.41 Å². The monoisotopic (exact) mass is 619 g/mol. The first-order valence-corrected chi connectivity index (χ1v) is 15.4. The topological polar surface area (TPSA) is 113 Å². The van der Waals surface area contributed by atoms with Gasteiger partial charge in [0, 0.05) is 32.7 Å². The molecule has 12 heteroatoms. The number of aromatic nitrogens is 3. The van der Waals surface area contributed by atoms with Crippen LogP contribution in [0.25, 0.3) is 0 Å². The summed E-state index contributed by atoms with van der Waals surface area (Å²) >= 11 is 6.56. The molecule has 1 aromatic carbocycles. The van der Waals surface area contributed by atoms with Crippen molar-refractivity contribution in [2.45, 2.75) is 51.7 Å². The summed E-state index contributed by atoms with van der Waals surface area (Å²) in [4.78, 5) is 45.4. The number of piperidine rings is 1. The number of likely N-dealkylation sites (tertiary alicyclic amines) is 1. The van der Waals surface area contributed by atoms with Crippen LogP contribution in [0.5, 0.6) is 0 Å². The summed E-state index contributed by atoms with van der Waals surface area (Å²) in [6, 6.07) is 12.0. The molecule has 1 N–H and O–H groups in total. The van der Waals surface area contributed by atoms with Crippen LogP contribution < -0.4 is 15.1 Å². The van der Waals surface area contributed by atoms with Crippen LogP contribution in [0.1, 0.15) is 51.7 Å². The molecule has 3 aromatic rings. The Hall–Kier alpha value is -3.96. The number of hydrogen-bond donors (Lipinski definition) is 1. The van der Waals surface area contributed by atoms with Crippen molar-refractivity contribution in [3.63, 3.8) is 0 Å². The van der Waals surface area contributed by atoms with E-state index in [1.165, 1.54) is 0 Å². The zero-order valence-corrected chi connectivity index (χ0v) is 26.1. The highest BCUT2D eigenvalue weighted by atomic mass is 35.5. The number of nitrogens with zero attached hydrogens (tertiary/aromatic N) is 6. The maximum atomic E-state index is 13.7. The summed E-state index contributed by atoms with van der Waals surface area (Å²) in [5, 5.41) is 3.70. The van der Waals surface area contributed by atoms with Gasteiger partial charge in [0.05, 0.1) is 42.0 Å². The fraction of sp³-hybridized carbons (Fsp3) is 0.469. The summed E-state index contributed by atoms with van der Waals surface area (Å²) < 4.78 is 11.5. The Labute approximate surface area is 262 Å². The van der Waals surface area contributed by atoms with Crippen LogP contribution >= 0.6 is 11.6 Å². The number of pyridine rings is 1. The van der Waals surface area contributed by atoms with Crippen molar-refractivity contribution in [2.75, 3.05) is 54.4 Å². The third-order valence-corrected chi connectivity index (χ3v) is 8.71. The van der Waals surface area contributed by atoms with E-state index in [0.717, 1.165) is 12.0 Å². The molecule has 0 saturated carbocycles. The summed E-state index contributed by atoms with van der Waals surface area (Å²) in [6.45, 7) is 8.99. The van der Waals surface area contributed by atoms with E-state index in [1.54, 1.807) is 28.4 Å². The van der Waals surface area contributed by atoms with Crippen LogP contribution in [0, 0.1) is 5.41 Å². The summed E-state index contributed by atoms with van der Waals surface area (Å²) in [5.41, 5.74) is 1.44. The molecule has 2 amide bonds. The van der Waals surface area contributed by atoms with Gasteiger partial charge in [-0.25, -0.2) is 9.78 Å². The largest absolute Gasteiger partial charge is 0.444 e. The minimum Gasteiger partial charge on any atom is -0.444 e. The number of hydrogen-bond acceptors (Lipinski definition) is 9. The normalized spacial score (nSPS) is 20.2. The quantitative estimate of drug-likeness (QED) is 0.390. The van der Waals surface area contributed by atoms with Gasteiger partial charge in [-0.2, -0.15) is 4.98 Å². The molecular weight excluding hydrogens is 582 g/mol. The van der Waals surface area contributed by atoms with Crippen molar-refractivity contribution < 1.29 is 19.1 Å². The number of nitrogens with one attached hydrogen (secondary N) is 1. The highest BCUT2D eigenvalue weighted by Gasteiger charge is 2.49. The predicted octanol–water partition coefficient (Wildman–Crippen LogP) is 5.60. The van der Waals surface area contributed by atoms with Crippen LogP contribution in [0.15, 0.2) is 55.0 Å². The number of amides is 2. The number of carbonyl (C=O) groups excluding carboxylic acids is 2. The van der Waals surface area contributed by atoms with Crippen molar-refractivity contribution >= 4 is 46.7 Å². The smallest absolute Gasteiger partial charge is 0.410 e. The molecule has 232 valence electrons. The van der Waals surface area contributed by atoms with Gasteiger partial charge in [-0.05, 0) is 51.7 Å². The summed E-state index contributed by atoms with van der Waals surface area (Å²) in [6.07, 6.45) is 6.52. The Morgan fingerprint density at radius 3 is 2.57 bits per heavy atom. The molecule has 2 aromatic heterocycles. The first-order chi connectivity index (χ1) is 21.1. The molecule has 3 aliphatic rings. The molecule has 0 bridgehead atoms. The SMILES string of the molecule is CC(C)(C)OC(=O)N1CCC2(CC1)CCN(c1cncc(Nc3ncc(Cl)c(N4CCOC(c5ccccc5)C4)n3)c1)C2=O. The Morgan fingerprint density at radius 1 is 1.07 bits per heavy atom. The van der Waals surface area contributed by atoms with Crippen molar-refractivity contribution in [3.05, 3.63) is 65.6 Å². The number of benzene rings is 1. The molecular formula is C32H38ClN7O4. The molecule has 3 fully saturated rings. The Bertz CT molecular complexity index is 1510. The van der Waals surface area contributed by atoms with Crippen molar-refractivity contribution in [3.8, 4) is 0 Å². The fourth-order valence-electron chi connectivity index (χ4n) is 6.10. The molecule has 1 atom stereocenters. The van der Waals surface area contributed by atoms with Crippen molar-refractivity contribution in [1.82, 2.24) is 19.9 Å². The predicted molar refractivity (Wildman–Crippen MR) is 168 cm³/mol. The van der Waals surface area contributed by atoms with E-state index in [9.17, 15) is 9.59 Å². The van der Waals surface area contributed by atoms with Crippen molar-refractivity contribution in [1.29, 1.82) is 0 Å². The van der Waals surface area contributed by atoms with Crippen LogP contribution in [-0.4, -0.2) is 76.8 Å². The average molecular weight is 620 g/mol. The van der Waals surface area contributed by atoms with Crippen LogP contribution in [-0.2, 0) is 14.3 Å². The number of ether oxygens (including phenoxy) is 2. The number of carbonyl (C=O) groups is 2.